The summed E-state index contributed by atoms with van der Waals surface area (Å²) in [5.41, 5.74) is -6.90. The third kappa shape index (κ3) is 11.7. The van der Waals surface area contributed by atoms with E-state index in [4.69, 9.17) is 18.9 Å². The number of alkyl halides is 12. The van der Waals surface area contributed by atoms with E-state index in [0.29, 0.717) is 0 Å². The number of H-pyrrole nitrogens is 1. The number of halogens is 12. The highest BCUT2D eigenvalue weighted by Gasteiger charge is 2.41. The normalized spacial score (nSPS) is 15.0. The van der Waals surface area contributed by atoms with Crippen molar-refractivity contribution in [3.05, 3.63) is 34.4 Å². The molecule has 0 amide bonds. The maximum absolute atomic E-state index is 14.0. The molecule has 0 aliphatic carbocycles. The molecule has 0 radical (unpaired) electrons. The second-order valence-electron chi connectivity index (χ2n) is 19.4. The van der Waals surface area contributed by atoms with Crippen LogP contribution in [0, 0.1) is 10.8 Å². The molecule has 12 nitrogen and oxygen atoms in total. The van der Waals surface area contributed by atoms with Gasteiger partial charge in [-0.25, -0.2) is 29.9 Å². The summed E-state index contributed by atoms with van der Waals surface area (Å²) in [6.45, 7) is 11.1. The molecule has 2 aliphatic rings. The Bertz CT molecular complexity index is 2560. The minimum atomic E-state index is -4.93. The largest absolute Gasteiger partial charge is 0.480 e. The van der Waals surface area contributed by atoms with E-state index >= 15 is 0 Å². The molecule has 0 aromatic carbocycles. The number of nitrogens with zero attached hydrogens (tertiary/aromatic N) is 7. The molecular weight excluding hydrogens is 896 g/mol. The summed E-state index contributed by atoms with van der Waals surface area (Å²) in [5, 5.41) is 0. The fourth-order valence-electron chi connectivity index (χ4n) is 6.97. The number of nitrogens with one attached hydrogen (secondary N) is 1. The Morgan fingerprint density at radius 3 is 1.15 bits per heavy atom. The molecule has 24 heteroatoms. The summed E-state index contributed by atoms with van der Waals surface area (Å²) >= 11 is 0. The summed E-state index contributed by atoms with van der Waals surface area (Å²) in [4.78, 5) is 29.9. The smallest absolute Gasteiger partial charge is 0.422 e. The van der Waals surface area contributed by atoms with E-state index in [1.807, 2.05) is 0 Å². The average molecular weight is 945 g/mol. The zero-order valence-corrected chi connectivity index (χ0v) is 37.6. The van der Waals surface area contributed by atoms with Crippen LogP contribution in [0.15, 0.2) is 0 Å². The lowest BCUT2D eigenvalue weighted by molar-refractivity contribution is -0.159. The average Bonchev–Trinajstić information content (AvgIpc) is 3.79. The number of aromatic amines is 1. The van der Waals surface area contributed by atoms with Gasteiger partial charge in [0.15, 0.2) is 84.0 Å². The molecule has 2 aliphatic heterocycles. The molecule has 0 saturated heterocycles. The maximum Gasteiger partial charge on any atom is 0.422 e. The van der Waals surface area contributed by atoms with Gasteiger partial charge in [0.2, 0.25) is 0 Å². The zero-order valence-electron chi connectivity index (χ0n) is 37.6. The number of hydrogen-bond donors (Lipinski definition) is 1. The van der Waals surface area contributed by atoms with E-state index in [2.05, 4.69) is 34.9 Å². The van der Waals surface area contributed by atoms with Crippen LogP contribution in [0.3, 0.4) is 0 Å². The number of fused-ring (bicyclic) bond motifs is 8. The molecular formula is C41H48F12N8O4. The van der Waals surface area contributed by atoms with Crippen LogP contribution < -0.4 is 9.47 Å². The molecule has 0 saturated carbocycles. The van der Waals surface area contributed by atoms with Crippen molar-refractivity contribution in [2.45, 2.75) is 119 Å². The van der Waals surface area contributed by atoms with E-state index in [9.17, 15) is 52.7 Å². The first kappa shape index (κ1) is 50.7. The summed E-state index contributed by atoms with van der Waals surface area (Å²) in [7, 11) is 1.29. The van der Waals surface area contributed by atoms with Crippen molar-refractivity contribution in [2.75, 3.05) is 26.4 Å². The van der Waals surface area contributed by atoms with Crippen LogP contribution in [-0.2, 0) is 27.4 Å². The van der Waals surface area contributed by atoms with Gasteiger partial charge in [0.25, 0.3) is 0 Å². The first-order chi connectivity index (χ1) is 29.2. The fraction of sp³-hybridized carbons (Fsp3) is 0.610. The highest BCUT2D eigenvalue weighted by Crippen LogP contribution is 2.47. The van der Waals surface area contributed by atoms with Crippen LogP contribution in [0.4, 0.5) is 52.7 Å². The van der Waals surface area contributed by atoms with E-state index in [-0.39, 0.29) is 33.6 Å². The number of ether oxygens (including phenoxy) is 4. The maximum atomic E-state index is 14.0. The van der Waals surface area contributed by atoms with Crippen molar-refractivity contribution in [3.63, 3.8) is 0 Å². The predicted octanol–water partition coefficient (Wildman–Crippen LogP) is 11.4. The monoisotopic (exact) mass is 944 g/mol. The third-order valence-electron chi connectivity index (χ3n) is 9.32. The molecule has 0 unspecified atom stereocenters. The Hall–Kier alpha value is -5.32. The zero-order chi connectivity index (χ0) is 49.4. The van der Waals surface area contributed by atoms with Crippen LogP contribution in [-0.4, -0.2) is 90.6 Å². The molecule has 5 heterocycles. The van der Waals surface area contributed by atoms with E-state index in [1.54, 1.807) is 83.1 Å². The van der Waals surface area contributed by atoms with Crippen molar-refractivity contribution in [3.8, 4) is 11.5 Å². The van der Waals surface area contributed by atoms with Gasteiger partial charge >= 0.3 is 24.7 Å². The lowest BCUT2D eigenvalue weighted by atomic mass is 9.85. The highest BCUT2D eigenvalue weighted by molar-refractivity contribution is 5.91. The third-order valence-corrected chi connectivity index (χ3v) is 9.32. The van der Waals surface area contributed by atoms with Gasteiger partial charge in [-0.15, -0.1) is 0 Å². The first-order valence-corrected chi connectivity index (χ1v) is 19.7. The predicted molar refractivity (Wildman–Crippen MR) is 214 cm³/mol. The summed E-state index contributed by atoms with van der Waals surface area (Å²) in [6.07, 6.45) is -19.7. The minimum absolute atomic E-state index is 0.0820. The summed E-state index contributed by atoms with van der Waals surface area (Å²) < 4.78 is 190. The van der Waals surface area contributed by atoms with Crippen LogP contribution in [0.25, 0.3) is 45.3 Å². The highest BCUT2D eigenvalue weighted by atomic mass is 19.4. The van der Waals surface area contributed by atoms with Gasteiger partial charge < -0.3 is 28.5 Å². The van der Waals surface area contributed by atoms with Crippen molar-refractivity contribution < 1.29 is 71.6 Å². The standard InChI is InChI=1S/C41H48F12N8O4/c1-34(2,3)18-22(62-14-38(42,43)44)29-54-26(18)55-30-23(63-15-39(45,46)47)20(36(7,8)9)28(58-30)59-33-25(65-17-41(51,52)53)21(37(10,11)12)32(61(33)13)60-31-24(64-16-40(48,49)50)19(35(4,5)6)27(56-29)57-31/h14-17H2,1-13H3,(H,54,55,56,57,58,59,60). The number of rotatable bonds is 8. The summed E-state index contributed by atoms with van der Waals surface area (Å²) in [5.74, 6) is -4.29. The van der Waals surface area contributed by atoms with Gasteiger partial charge in [-0.3, -0.25) is 0 Å². The number of hydrogen-bond acceptors (Lipinski definition) is 10. The van der Waals surface area contributed by atoms with E-state index < -0.39 is 130 Å². The Kier molecular flexibility index (Phi) is 12.9. The number of aromatic nitrogens is 8. The first-order valence-electron chi connectivity index (χ1n) is 19.7. The van der Waals surface area contributed by atoms with Gasteiger partial charge in [-0.05, 0) is 21.7 Å². The van der Waals surface area contributed by atoms with Gasteiger partial charge in [0.05, 0.1) is 0 Å². The lowest BCUT2D eigenvalue weighted by Crippen LogP contribution is -2.21. The van der Waals surface area contributed by atoms with Crippen LogP contribution >= 0.6 is 0 Å². The van der Waals surface area contributed by atoms with Crippen molar-refractivity contribution in [1.82, 2.24) is 39.5 Å². The quantitative estimate of drug-likeness (QED) is 0.217. The van der Waals surface area contributed by atoms with Crippen LogP contribution in [0.1, 0.15) is 118 Å². The molecule has 3 aromatic rings. The second-order valence-corrected chi connectivity index (χ2v) is 19.4. The molecule has 8 bridgehead atoms. The summed E-state index contributed by atoms with van der Waals surface area (Å²) in [6, 6.07) is 0. The fourth-order valence-corrected chi connectivity index (χ4v) is 6.97. The molecule has 1 N–H and O–H groups in total. The molecule has 360 valence electrons. The van der Waals surface area contributed by atoms with E-state index in [1.165, 1.54) is 7.05 Å². The topological polar surface area (TPSA) is 135 Å². The van der Waals surface area contributed by atoms with Gasteiger partial charge in [0, 0.05) is 29.3 Å². The van der Waals surface area contributed by atoms with Gasteiger partial charge in [0.1, 0.15) is 11.3 Å². The van der Waals surface area contributed by atoms with E-state index in [0.717, 1.165) is 4.57 Å². The molecule has 5 rings (SSSR count). The molecule has 0 spiro atoms. The molecule has 3 aromatic heterocycles. The Morgan fingerprint density at radius 1 is 0.400 bits per heavy atom. The SMILES string of the molecule is Cn1c2nc3nc(nc4[nH]c(nc5nc(nc1c(C(C)(C)C)c2OCC(F)(F)F)C(OCC(F)(F)F)=C5C(C)(C)C)c(OCC(F)(F)F)c4C(C)(C)C)C(OCC(F)(F)F)=C3C(C)(C)C. The Balaban J connectivity index is 2.20. The lowest BCUT2D eigenvalue weighted by Gasteiger charge is -2.22. The molecule has 65 heavy (non-hydrogen) atoms. The van der Waals surface area contributed by atoms with Crippen LogP contribution in [0.2, 0.25) is 0 Å². The molecule has 0 fully saturated rings. The Morgan fingerprint density at radius 2 is 0.754 bits per heavy atom. The van der Waals surface area contributed by atoms with Gasteiger partial charge in [-0.2, -0.15) is 52.7 Å². The number of aryl methyl sites for hydroxylation is 1. The van der Waals surface area contributed by atoms with Crippen molar-refractivity contribution >= 4 is 45.3 Å². The Labute approximate surface area is 364 Å². The minimum Gasteiger partial charge on any atom is -0.480 e. The molecule has 0 atom stereocenters. The van der Waals surface area contributed by atoms with Gasteiger partial charge in [-0.1, -0.05) is 83.1 Å². The number of allylic oxidation sites excluding steroid dienone is 2. The van der Waals surface area contributed by atoms with Crippen molar-refractivity contribution in [1.29, 1.82) is 0 Å². The van der Waals surface area contributed by atoms with Crippen LogP contribution in [0.5, 0.6) is 11.5 Å². The second kappa shape index (κ2) is 16.5. The van der Waals surface area contributed by atoms with Crippen molar-refractivity contribution in [2.24, 2.45) is 17.9 Å².